The molecule has 1 aliphatic heterocycles. The molecule has 4 rings (SSSR count). The van der Waals surface area contributed by atoms with E-state index >= 15 is 0 Å². The van der Waals surface area contributed by atoms with Gasteiger partial charge in [-0.05, 0) is 12.1 Å². The predicted molar refractivity (Wildman–Crippen MR) is 91.7 cm³/mol. The number of ether oxygens (including phenoxy) is 2. The summed E-state index contributed by atoms with van der Waals surface area (Å²) in [6.45, 7) is 0.555. The lowest BCUT2D eigenvalue weighted by molar-refractivity contribution is 0.215. The number of nitrogens with zero attached hydrogens (tertiary/aromatic N) is 3. The van der Waals surface area contributed by atoms with Crippen molar-refractivity contribution in [1.82, 2.24) is 14.5 Å². The monoisotopic (exact) mass is 341 g/mol. The fraction of sp³-hybridized carbons (Fsp3) is 0.222. The van der Waals surface area contributed by atoms with Crippen molar-refractivity contribution < 1.29 is 9.47 Å². The van der Waals surface area contributed by atoms with Crippen molar-refractivity contribution in [2.24, 2.45) is 0 Å². The van der Waals surface area contributed by atoms with E-state index in [0.717, 1.165) is 34.9 Å². The van der Waals surface area contributed by atoms with Gasteiger partial charge in [-0.15, -0.1) is 0 Å². The van der Waals surface area contributed by atoms with Gasteiger partial charge in [0.25, 0.3) is 0 Å². The maximum absolute atomic E-state index is 6.28. The summed E-state index contributed by atoms with van der Waals surface area (Å²) in [5.41, 5.74) is 2.00. The van der Waals surface area contributed by atoms with Gasteiger partial charge in [0.15, 0.2) is 11.5 Å². The van der Waals surface area contributed by atoms with Crippen LogP contribution in [0.5, 0.6) is 11.5 Å². The third kappa shape index (κ3) is 2.51. The Bertz CT molecular complexity index is 878. The molecule has 0 N–H and O–H groups in total. The van der Waals surface area contributed by atoms with Crippen LogP contribution < -0.4 is 9.47 Å². The molecule has 0 bridgehead atoms. The quantitative estimate of drug-likeness (QED) is 0.727. The number of benzene rings is 1. The minimum Gasteiger partial charge on any atom is -0.493 e. The molecule has 5 nitrogen and oxygen atoms in total. The van der Waals surface area contributed by atoms with Crippen LogP contribution in [0.1, 0.15) is 11.6 Å². The molecule has 0 amide bonds. The van der Waals surface area contributed by atoms with Gasteiger partial charge in [0.05, 0.1) is 18.2 Å². The Kier molecular flexibility index (Phi) is 3.86. The Morgan fingerprint density at radius 2 is 2.21 bits per heavy atom. The molecule has 1 aromatic carbocycles. The van der Waals surface area contributed by atoms with E-state index in [0.29, 0.717) is 11.6 Å². The smallest absolute Gasteiger partial charge is 0.164 e. The highest BCUT2D eigenvalue weighted by atomic mass is 35.5. The van der Waals surface area contributed by atoms with E-state index in [1.165, 1.54) is 0 Å². The molecular weight excluding hydrogens is 326 g/mol. The number of fused-ring (bicyclic) bond motifs is 1. The molecule has 1 aliphatic rings. The van der Waals surface area contributed by atoms with Gasteiger partial charge in [0, 0.05) is 42.3 Å². The number of rotatable bonds is 3. The summed E-state index contributed by atoms with van der Waals surface area (Å²) in [5, 5.41) is 0.587. The van der Waals surface area contributed by atoms with Crippen LogP contribution in [0.25, 0.3) is 11.4 Å². The van der Waals surface area contributed by atoms with Gasteiger partial charge in [-0.2, -0.15) is 0 Å². The molecule has 0 aliphatic carbocycles. The minimum absolute atomic E-state index is 0.145. The Morgan fingerprint density at radius 3 is 3.04 bits per heavy atom. The SMILES string of the molecule is COc1cccc2c1OCC(n1ccnc1-c1ccncc1Cl)C2. The average Bonchev–Trinajstić information content (AvgIpc) is 3.10. The summed E-state index contributed by atoms with van der Waals surface area (Å²) in [6, 6.07) is 7.99. The number of pyridine rings is 1. The molecule has 3 heterocycles. The molecule has 6 heteroatoms. The molecule has 2 aromatic heterocycles. The topological polar surface area (TPSA) is 49.2 Å². The number of aromatic nitrogens is 3. The van der Waals surface area contributed by atoms with Crippen LogP contribution in [-0.4, -0.2) is 28.3 Å². The zero-order chi connectivity index (χ0) is 16.5. The number of para-hydroxylation sites is 1. The first-order valence-electron chi connectivity index (χ1n) is 7.69. The van der Waals surface area contributed by atoms with E-state index in [2.05, 4.69) is 20.6 Å². The van der Waals surface area contributed by atoms with E-state index in [4.69, 9.17) is 21.1 Å². The highest BCUT2D eigenvalue weighted by Crippen LogP contribution is 2.38. The second kappa shape index (κ2) is 6.17. The highest BCUT2D eigenvalue weighted by molar-refractivity contribution is 6.33. The van der Waals surface area contributed by atoms with E-state index in [1.807, 2.05) is 24.4 Å². The first-order chi connectivity index (χ1) is 11.8. The Hall–Kier alpha value is -2.53. The maximum atomic E-state index is 6.28. The van der Waals surface area contributed by atoms with Gasteiger partial charge in [-0.3, -0.25) is 4.98 Å². The lowest BCUT2D eigenvalue weighted by Crippen LogP contribution is -2.25. The number of hydrogen-bond donors (Lipinski definition) is 0. The van der Waals surface area contributed by atoms with E-state index < -0.39 is 0 Å². The van der Waals surface area contributed by atoms with Gasteiger partial charge >= 0.3 is 0 Å². The molecule has 1 atom stereocenters. The Labute approximate surface area is 144 Å². The van der Waals surface area contributed by atoms with Gasteiger partial charge < -0.3 is 14.0 Å². The Balaban J connectivity index is 1.70. The van der Waals surface area contributed by atoms with Crippen molar-refractivity contribution in [3.8, 4) is 22.9 Å². The number of hydrogen-bond acceptors (Lipinski definition) is 4. The fourth-order valence-corrected chi connectivity index (χ4v) is 3.29. The molecule has 0 fully saturated rings. The minimum atomic E-state index is 0.145. The van der Waals surface area contributed by atoms with E-state index in [1.54, 1.807) is 25.7 Å². The normalized spacial score (nSPS) is 16.3. The van der Waals surface area contributed by atoms with Crippen molar-refractivity contribution in [3.63, 3.8) is 0 Å². The summed E-state index contributed by atoms with van der Waals surface area (Å²) >= 11 is 6.28. The predicted octanol–water partition coefficient (Wildman–Crippen LogP) is 3.78. The van der Waals surface area contributed by atoms with Crippen molar-refractivity contribution in [3.05, 3.63) is 59.6 Å². The molecule has 1 unspecified atom stereocenters. The molecule has 0 radical (unpaired) electrons. The van der Waals surface area contributed by atoms with E-state index in [-0.39, 0.29) is 6.04 Å². The van der Waals surface area contributed by atoms with Gasteiger partial charge in [-0.25, -0.2) is 4.98 Å². The summed E-state index contributed by atoms with van der Waals surface area (Å²) in [7, 11) is 1.66. The lowest BCUT2D eigenvalue weighted by Gasteiger charge is -2.28. The third-order valence-electron chi connectivity index (χ3n) is 4.23. The first kappa shape index (κ1) is 15.0. The van der Waals surface area contributed by atoms with Gasteiger partial charge in [0.2, 0.25) is 0 Å². The molecule has 0 spiro atoms. The molecule has 122 valence electrons. The number of imidazole rings is 1. The second-order valence-corrected chi connectivity index (χ2v) is 6.04. The third-order valence-corrected chi connectivity index (χ3v) is 4.53. The Morgan fingerprint density at radius 1 is 1.29 bits per heavy atom. The number of halogens is 1. The maximum Gasteiger partial charge on any atom is 0.164 e. The molecule has 0 saturated carbocycles. The molecule has 24 heavy (non-hydrogen) atoms. The zero-order valence-corrected chi connectivity index (χ0v) is 13.9. The van der Waals surface area contributed by atoms with Crippen molar-refractivity contribution in [2.75, 3.05) is 13.7 Å². The van der Waals surface area contributed by atoms with Crippen LogP contribution in [0.2, 0.25) is 5.02 Å². The molecule has 0 saturated heterocycles. The van der Waals surface area contributed by atoms with Crippen LogP contribution >= 0.6 is 11.6 Å². The van der Waals surface area contributed by atoms with Crippen LogP contribution in [-0.2, 0) is 6.42 Å². The summed E-state index contributed by atoms with van der Waals surface area (Å²) in [5.74, 6) is 2.43. The standard InChI is InChI=1S/C18H16ClN3O2/c1-23-16-4-2-3-12-9-13(11-24-17(12)16)22-8-7-21-18(22)14-5-6-20-10-15(14)19/h2-8,10,13H,9,11H2,1H3. The summed E-state index contributed by atoms with van der Waals surface area (Å²) < 4.78 is 13.5. The van der Waals surface area contributed by atoms with Gasteiger partial charge in [-0.1, -0.05) is 23.7 Å². The van der Waals surface area contributed by atoms with E-state index in [9.17, 15) is 0 Å². The second-order valence-electron chi connectivity index (χ2n) is 5.63. The zero-order valence-electron chi connectivity index (χ0n) is 13.1. The van der Waals surface area contributed by atoms with Crippen molar-refractivity contribution in [1.29, 1.82) is 0 Å². The molecular formula is C18H16ClN3O2. The summed E-state index contributed by atoms with van der Waals surface area (Å²) in [4.78, 5) is 8.52. The fourth-order valence-electron chi connectivity index (χ4n) is 3.09. The molecule has 3 aromatic rings. The number of methoxy groups -OCH3 is 1. The highest BCUT2D eigenvalue weighted by Gasteiger charge is 2.26. The van der Waals surface area contributed by atoms with Crippen LogP contribution in [0.4, 0.5) is 0 Å². The van der Waals surface area contributed by atoms with Crippen LogP contribution in [0.3, 0.4) is 0 Å². The average molecular weight is 342 g/mol. The first-order valence-corrected chi connectivity index (χ1v) is 8.07. The van der Waals surface area contributed by atoms with Crippen molar-refractivity contribution >= 4 is 11.6 Å². The van der Waals surface area contributed by atoms with Gasteiger partial charge in [0.1, 0.15) is 12.4 Å². The van der Waals surface area contributed by atoms with Crippen LogP contribution in [0, 0.1) is 0 Å². The largest absolute Gasteiger partial charge is 0.493 e. The lowest BCUT2D eigenvalue weighted by atomic mass is 10.0. The van der Waals surface area contributed by atoms with Crippen molar-refractivity contribution in [2.45, 2.75) is 12.5 Å². The summed E-state index contributed by atoms with van der Waals surface area (Å²) in [6.07, 6.45) is 7.95. The van der Waals surface area contributed by atoms with Crippen LogP contribution in [0.15, 0.2) is 49.1 Å².